The number of amides is 1. The van der Waals surface area contributed by atoms with E-state index in [4.69, 9.17) is 4.98 Å². The normalized spacial score (nSPS) is 11.0. The molecule has 0 radical (unpaired) electrons. The van der Waals surface area contributed by atoms with E-state index in [1.54, 1.807) is 17.3 Å². The fourth-order valence-corrected chi connectivity index (χ4v) is 4.67. The molecule has 0 N–H and O–H groups in total. The fraction of sp³-hybridized carbons (Fsp3) is 0.136. The van der Waals surface area contributed by atoms with Crippen molar-refractivity contribution in [1.29, 1.82) is 0 Å². The summed E-state index contributed by atoms with van der Waals surface area (Å²) in [7, 11) is 0. The summed E-state index contributed by atoms with van der Waals surface area (Å²) in [6.45, 7) is 4.43. The minimum atomic E-state index is -0.0613. The van der Waals surface area contributed by atoms with Gasteiger partial charge in [0.15, 0.2) is 5.13 Å². The van der Waals surface area contributed by atoms with Gasteiger partial charge in [-0.3, -0.25) is 14.7 Å². The molecule has 0 saturated carbocycles. The van der Waals surface area contributed by atoms with Gasteiger partial charge in [0, 0.05) is 22.4 Å². The van der Waals surface area contributed by atoms with E-state index in [2.05, 4.69) is 27.0 Å². The molecule has 6 heteroatoms. The van der Waals surface area contributed by atoms with Crippen LogP contribution in [0.2, 0.25) is 0 Å². The summed E-state index contributed by atoms with van der Waals surface area (Å²) in [5, 5.41) is 0.682. The molecule has 140 valence electrons. The van der Waals surface area contributed by atoms with E-state index in [0.717, 1.165) is 31.4 Å². The first-order valence-corrected chi connectivity index (χ1v) is 10.5. The second-order valence-electron chi connectivity index (χ2n) is 6.74. The van der Waals surface area contributed by atoms with Crippen molar-refractivity contribution in [3.8, 4) is 0 Å². The highest BCUT2D eigenvalue weighted by Crippen LogP contribution is 2.32. The third kappa shape index (κ3) is 3.98. The van der Waals surface area contributed by atoms with E-state index in [1.807, 2.05) is 56.3 Å². The smallest absolute Gasteiger partial charge is 0.260 e. The molecule has 4 nitrogen and oxygen atoms in total. The maximum atomic E-state index is 13.5. The zero-order chi connectivity index (χ0) is 19.7. The number of nitrogens with zero attached hydrogens (tertiary/aromatic N) is 3. The Morgan fingerprint density at radius 3 is 2.61 bits per heavy atom. The molecular weight excluding hydrogens is 434 g/mol. The van der Waals surface area contributed by atoms with Crippen molar-refractivity contribution in [2.75, 3.05) is 4.90 Å². The number of thiazole rings is 1. The first-order chi connectivity index (χ1) is 13.5. The molecule has 0 aliphatic carbocycles. The van der Waals surface area contributed by atoms with Crippen molar-refractivity contribution < 1.29 is 4.79 Å². The number of halogens is 1. The summed E-state index contributed by atoms with van der Waals surface area (Å²) in [6, 6.07) is 15.7. The number of carbonyl (C=O) groups is 1. The van der Waals surface area contributed by atoms with Gasteiger partial charge >= 0.3 is 0 Å². The van der Waals surface area contributed by atoms with Gasteiger partial charge in [0.25, 0.3) is 5.91 Å². The molecule has 0 fully saturated rings. The summed E-state index contributed by atoms with van der Waals surface area (Å²) >= 11 is 5.02. The number of hydrogen-bond donors (Lipinski definition) is 0. The lowest BCUT2D eigenvalue weighted by Crippen LogP contribution is -2.30. The lowest BCUT2D eigenvalue weighted by molar-refractivity contribution is 0.0985. The number of hydrogen-bond acceptors (Lipinski definition) is 4. The molecule has 1 amide bonds. The minimum absolute atomic E-state index is 0.0613. The largest absolute Gasteiger partial charge is 0.279 e. The number of aromatic nitrogens is 2. The highest BCUT2D eigenvalue weighted by Gasteiger charge is 2.22. The lowest BCUT2D eigenvalue weighted by atomic mass is 10.1. The predicted molar refractivity (Wildman–Crippen MR) is 118 cm³/mol. The van der Waals surface area contributed by atoms with Crippen LogP contribution in [0.5, 0.6) is 0 Å². The van der Waals surface area contributed by atoms with E-state index < -0.39 is 0 Å². The van der Waals surface area contributed by atoms with Crippen molar-refractivity contribution in [3.63, 3.8) is 0 Å². The zero-order valence-electron chi connectivity index (χ0n) is 15.5. The van der Waals surface area contributed by atoms with Gasteiger partial charge in [-0.1, -0.05) is 50.5 Å². The van der Waals surface area contributed by atoms with Gasteiger partial charge in [0.05, 0.1) is 16.8 Å². The highest BCUT2D eigenvalue weighted by molar-refractivity contribution is 9.10. The predicted octanol–water partition coefficient (Wildman–Crippen LogP) is 5.92. The molecule has 2 aromatic heterocycles. The van der Waals surface area contributed by atoms with Gasteiger partial charge in [-0.25, -0.2) is 4.98 Å². The molecular formula is C22H18BrN3OS. The Morgan fingerprint density at radius 1 is 1.11 bits per heavy atom. The van der Waals surface area contributed by atoms with Gasteiger partial charge in [-0.05, 0) is 55.8 Å². The van der Waals surface area contributed by atoms with Gasteiger partial charge < -0.3 is 0 Å². The number of pyridine rings is 1. The third-order valence-electron chi connectivity index (χ3n) is 4.35. The third-order valence-corrected chi connectivity index (χ3v) is 5.88. The van der Waals surface area contributed by atoms with Crippen LogP contribution in [0.1, 0.15) is 27.0 Å². The van der Waals surface area contributed by atoms with Crippen molar-refractivity contribution in [1.82, 2.24) is 9.97 Å². The van der Waals surface area contributed by atoms with Crippen molar-refractivity contribution >= 4 is 48.5 Å². The SMILES string of the molecule is Cc1cc(C)cc(C(=O)N(Cc2cccnc2)c2nc3ccc(Br)cc3s2)c1. The number of fused-ring (bicyclic) bond motifs is 1. The number of aryl methyl sites for hydroxylation is 2. The van der Waals surface area contributed by atoms with E-state index >= 15 is 0 Å². The average Bonchev–Trinajstić information content (AvgIpc) is 3.08. The molecule has 4 aromatic rings. The maximum Gasteiger partial charge on any atom is 0.260 e. The van der Waals surface area contributed by atoms with Crippen LogP contribution in [0.3, 0.4) is 0 Å². The number of carbonyl (C=O) groups excluding carboxylic acids is 1. The monoisotopic (exact) mass is 451 g/mol. The first-order valence-electron chi connectivity index (χ1n) is 8.85. The summed E-state index contributed by atoms with van der Waals surface area (Å²) in [5.74, 6) is -0.0613. The quantitative estimate of drug-likeness (QED) is 0.386. The van der Waals surface area contributed by atoms with Crippen molar-refractivity contribution in [3.05, 3.63) is 87.7 Å². The van der Waals surface area contributed by atoms with Crippen LogP contribution in [-0.4, -0.2) is 15.9 Å². The molecule has 0 saturated heterocycles. The molecule has 0 aliphatic heterocycles. The Bertz CT molecular complexity index is 1140. The molecule has 2 aromatic carbocycles. The lowest BCUT2D eigenvalue weighted by Gasteiger charge is -2.20. The Kier molecular flexibility index (Phi) is 5.24. The average molecular weight is 452 g/mol. The molecule has 0 bridgehead atoms. The summed E-state index contributed by atoms with van der Waals surface area (Å²) < 4.78 is 2.03. The summed E-state index contributed by atoms with van der Waals surface area (Å²) in [5.41, 5.74) is 4.64. The number of benzene rings is 2. The minimum Gasteiger partial charge on any atom is -0.279 e. The first kappa shape index (κ1) is 18.8. The Morgan fingerprint density at radius 2 is 1.89 bits per heavy atom. The van der Waals surface area contributed by atoms with Crippen LogP contribution in [0.15, 0.2) is 65.4 Å². The molecule has 0 unspecified atom stereocenters. The Hall–Kier alpha value is -2.57. The maximum absolute atomic E-state index is 13.5. The molecule has 0 spiro atoms. The van der Waals surface area contributed by atoms with Crippen LogP contribution in [0.4, 0.5) is 5.13 Å². The van der Waals surface area contributed by atoms with E-state index in [1.165, 1.54) is 11.3 Å². The van der Waals surface area contributed by atoms with Crippen LogP contribution in [0.25, 0.3) is 10.2 Å². The van der Waals surface area contributed by atoms with Crippen molar-refractivity contribution in [2.24, 2.45) is 0 Å². The van der Waals surface area contributed by atoms with Crippen molar-refractivity contribution in [2.45, 2.75) is 20.4 Å². The van der Waals surface area contributed by atoms with Crippen LogP contribution in [-0.2, 0) is 6.54 Å². The van der Waals surface area contributed by atoms with E-state index in [9.17, 15) is 4.79 Å². The molecule has 28 heavy (non-hydrogen) atoms. The summed E-state index contributed by atoms with van der Waals surface area (Å²) in [4.78, 5) is 24.1. The second-order valence-corrected chi connectivity index (χ2v) is 8.66. The fourth-order valence-electron chi connectivity index (χ4n) is 3.16. The van der Waals surface area contributed by atoms with Crippen LogP contribution < -0.4 is 4.90 Å². The van der Waals surface area contributed by atoms with Gasteiger partial charge in [-0.15, -0.1) is 0 Å². The van der Waals surface area contributed by atoms with Gasteiger partial charge in [-0.2, -0.15) is 0 Å². The zero-order valence-corrected chi connectivity index (χ0v) is 17.9. The topological polar surface area (TPSA) is 46.1 Å². The molecule has 0 aliphatic rings. The van der Waals surface area contributed by atoms with Gasteiger partial charge in [0.1, 0.15) is 0 Å². The van der Waals surface area contributed by atoms with E-state index in [0.29, 0.717) is 17.2 Å². The number of anilines is 1. The van der Waals surface area contributed by atoms with Gasteiger partial charge in [0.2, 0.25) is 0 Å². The Balaban J connectivity index is 1.79. The molecule has 4 rings (SSSR count). The van der Waals surface area contributed by atoms with E-state index in [-0.39, 0.29) is 5.91 Å². The molecule has 2 heterocycles. The van der Waals surface area contributed by atoms with Crippen LogP contribution >= 0.6 is 27.3 Å². The second kappa shape index (κ2) is 7.81. The standard InChI is InChI=1S/C22H18BrN3OS/c1-14-8-15(2)10-17(9-14)21(27)26(13-16-4-3-7-24-12-16)22-25-19-6-5-18(23)11-20(19)28-22/h3-12H,13H2,1-2H3. The molecule has 0 atom stereocenters. The number of rotatable bonds is 4. The van der Waals surface area contributed by atoms with Crippen LogP contribution in [0, 0.1) is 13.8 Å². The summed E-state index contributed by atoms with van der Waals surface area (Å²) in [6.07, 6.45) is 3.51. The Labute approximate surface area is 176 Å². The highest BCUT2D eigenvalue weighted by atomic mass is 79.9.